The lowest BCUT2D eigenvalue weighted by molar-refractivity contribution is -0.700. The van der Waals surface area contributed by atoms with Crippen LogP contribution in [0.3, 0.4) is 0 Å². The number of para-hydroxylation sites is 2. The zero-order valence-electron chi connectivity index (χ0n) is 22.8. The van der Waals surface area contributed by atoms with Gasteiger partial charge in [-0.05, 0) is 53.7 Å². The molecule has 1 saturated heterocycles. The Bertz CT molecular complexity index is 1440. The van der Waals surface area contributed by atoms with Gasteiger partial charge in [-0.1, -0.05) is 63.2 Å². The molecule has 1 aliphatic rings. The topological polar surface area (TPSA) is 72.3 Å². The van der Waals surface area contributed by atoms with Crippen LogP contribution < -0.4 is 14.8 Å². The Balaban J connectivity index is 1.17. The van der Waals surface area contributed by atoms with E-state index in [1.165, 1.54) is 17.3 Å². The van der Waals surface area contributed by atoms with E-state index in [0.29, 0.717) is 5.75 Å². The molecule has 2 N–H and O–H groups in total. The Morgan fingerprint density at radius 3 is 2.26 bits per heavy atom. The molecular weight excluding hydrogens is 506 g/mol. The van der Waals surface area contributed by atoms with E-state index in [4.69, 9.17) is 0 Å². The van der Waals surface area contributed by atoms with Crippen LogP contribution in [0.4, 0.5) is 11.4 Å². The predicted molar refractivity (Wildman–Crippen MR) is 158 cm³/mol. The van der Waals surface area contributed by atoms with Gasteiger partial charge in [0.1, 0.15) is 6.54 Å². The molecule has 2 amide bonds. The highest BCUT2D eigenvalue weighted by atomic mass is 32.2. The normalized spacial score (nSPS) is 14.0. The maximum Gasteiger partial charge on any atom is 0.317 e. The second-order valence-corrected chi connectivity index (χ2v) is 11.9. The highest BCUT2D eigenvalue weighted by Crippen LogP contribution is 2.23. The van der Waals surface area contributed by atoms with Crippen molar-refractivity contribution in [1.82, 2.24) is 9.88 Å². The summed E-state index contributed by atoms with van der Waals surface area (Å²) in [6.07, 6.45) is 0. The predicted octanol–water partition coefficient (Wildman–Crippen LogP) is 4.93. The van der Waals surface area contributed by atoms with Gasteiger partial charge < -0.3 is 15.1 Å². The second kappa shape index (κ2) is 11.5. The van der Waals surface area contributed by atoms with Gasteiger partial charge in [0.15, 0.2) is 11.0 Å². The Labute approximate surface area is 234 Å². The molecule has 0 aliphatic carbocycles. The minimum Gasteiger partial charge on any atom is -0.368 e. The summed E-state index contributed by atoms with van der Waals surface area (Å²) in [5.74, 6) is 0.454. The lowest BCUT2D eigenvalue weighted by Crippen LogP contribution is -2.51. The Kier molecular flexibility index (Phi) is 7.93. The van der Waals surface area contributed by atoms with E-state index in [2.05, 4.69) is 44.0 Å². The van der Waals surface area contributed by atoms with E-state index >= 15 is 0 Å². The number of H-pyrrole nitrogens is 1. The molecule has 1 aliphatic heterocycles. The van der Waals surface area contributed by atoms with Crippen LogP contribution in [0.5, 0.6) is 0 Å². The molecule has 0 saturated carbocycles. The van der Waals surface area contributed by atoms with Crippen LogP contribution in [0, 0.1) is 5.41 Å². The zero-order chi connectivity index (χ0) is 27.4. The van der Waals surface area contributed by atoms with Gasteiger partial charge in [-0.15, -0.1) is 0 Å². The van der Waals surface area contributed by atoms with E-state index < -0.39 is 0 Å². The van der Waals surface area contributed by atoms with Crippen LogP contribution in [0.15, 0.2) is 84.0 Å². The standard InChI is InChI=1S/C31H35N5O2S/c1-31(2,3)29(38)35-19-17-34(18-20-35)25-15-13-24(14-16-25)32-28(37)22-39-30-33-26-11-7-8-12-27(26)36(30)21-23-9-5-4-6-10-23/h4-16H,17-22H2,1-3H3,(H,32,37)/p+1. The van der Waals surface area contributed by atoms with Crippen molar-refractivity contribution in [2.45, 2.75) is 32.5 Å². The molecular formula is C31H36N5O2S+. The number of nitrogens with zero attached hydrogens (tertiary/aromatic N) is 3. The number of nitrogens with one attached hydrogen (secondary N) is 2. The first kappa shape index (κ1) is 26.8. The largest absolute Gasteiger partial charge is 0.368 e. The number of aromatic nitrogens is 2. The average Bonchev–Trinajstić information content (AvgIpc) is 3.29. The van der Waals surface area contributed by atoms with Crippen LogP contribution in [0.1, 0.15) is 26.3 Å². The maximum absolute atomic E-state index is 12.8. The highest BCUT2D eigenvalue weighted by molar-refractivity contribution is 7.99. The third-order valence-corrected chi connectivity index (χ3v) is 7.93. The Hall–Kier alpha value is -3.78. The van der Waals surface area contributed by atoms with Gasteiger partial charge in [0, 0.05) is 43.0 Å². The summed E-state index contributed by atoms with van der Waals surface area (Å²) in [5, 5.41) is 3.98. The van der Waals surface area contributed by atoms with Crippen molar-refractivity contribution >= 4 is 46.0 Å². The highest BCUT2D eigenvalue weighted by Gasteiger charge is 2.29. The molecule has 8 heteroatoms. The van der Waals surface area contributed by atoms with Gasteiger partial charge in [0.05, 0.1) is 5.75 Å². The fraction of sp³-hybridized carbons (Fsp3) is 0.323. The quantitative estimate of drug-likeness (QED) is 0.257. The van der Waals surface area contributed by atoms with E-state index in [1.807, 2.05) is 80.3 Å². The van der Waals surface area contributed by atoms with E-state index in [-0.39, 0.29) is 17.2 Å². The van der Waals surface area contributed by atoms with Gasteiger partial charge >= 0.3 is 5.16 Å². The molecule has 2 heterocycles. The summed E-state index contributed by atoms with van der Waals surface area (Å²) in [7, 11) is 0. The van der Waals surface area contributed by atoms with Crippen LogP contribution in [-0.4, -0.2) is 53.6 Å². The van der Waals surface area contributed by atoms with E-state index in [1.54, 1.807) is 0 Å². The summed E-state index contributed by atoms with van der Waals surface area (Å²) in [6.45, 7) is 9.69. The number of rotatable bonds is 7. The molecule has 39 heavy (non-hydrogen) atoms. The molecule has 0 bridgehead atoms. The van der Waals surface area contributed by atoms with Crippen molar-refractivity contribution in [1.29, 1.82) is 0 Å². The SMILES string of the molecule is CC(C)(C)C(=O)N1CCN(c2ccc(NC(=O)CSc3[nH]c4ccccc4[n+]3Cc3ccccc3)cc2)CC1. The molecule has 3 aromatic carbocycles. The lowest BCUT2D eigenvalue weighted by atomic mass is 9.94. The Morgan fingerprint density at radius 1 is 0.897 bits per heavy atom. The van der Waals surface area contributed by atoms with Gasteiger partial charge in [-0.2, -0.15) is 0 Å². The molecule has 5 rings (SSSR count). The smallest absolute Gasteiger partial charge is 0.317 e. The molecule has 4 aromatic rings. The molecule has 7 nitrogen and oxygen atoms in total. The zero-order valence-corrected chi connectivity index (χ0v) is 23.6. The molecule has 1 fully saturated rings. The minimum absolute atomic E-state index is 0.0491. The fourth-order valence-electron chi connectivity index (χ4n) is 4.87. The monoisotopic (exact) mass is 542 g/mol. The van der Waals surface area contributed by atoms with Gasteiger partial charge in [-0.25, -0.2) is 9.55 Å². The fourth-order valence-corrected chi connectivity index (χ4v) is 5.71. The van der Waals surface area contributed by atoms with Crippen LogP contribution >= 0.6 is 11.8 Å². The number of benzene rings is 3. The maximum atomic E-state index is 12.8. The third-order valence-electron chi connectivity index (χ3n) is 6.93. The number of carbonyl (C=O) groups excluding carboxylic acids is 2. The molecule has 202 valence electrons. The number of anilines is 2. The van der Waals surface area contributed by atoms with Crippen LogP contribution in [0.2, 0.25) is 0 Å². The first-order chi connectivity index (χ1) is 18.8. The minimum atomic E-state index is -0.350. The molecule has 0 radical (unpaired) electrons. The average molecular weight is 543 g/mol. The summed E-state index contributed by atoms with van der Waals surface area (Å²) in [4.78, 5) is 33.1. The van der Waals surface area contributed by atoms with Crippen molar-refractivity contribution in [2.24, 2.45) is 5.41 Å². The number of thioether (sulfide) groups is 1. The van der Waals surface area contributed by atoms with Crippen molar-refractivity contribution in [2.75, 3.05) is 42.1 Å². The van der Waals surface area contributed by atoms with Crippen molar-refractivity contribution in [3.8, 4) is 0 Å². The van der Waals surface area contributed by atoms with Gasteiger partial charge in [-0.3, -0.25) is 9.59 Å². The summed E-state index contributed by atoms with van der Waals surface area (Å²) >= 11 is 1.50. The number of amides is 2. The summed E-state index contributed by atoms with van der Waals surface area (Å²) in [6, 6.07) is 26.5. The number of piperazine rings is 1. The van der Waals surface area contributed by atoms with Crippen molar-refractivity contribution < 1.29 is 14.2 Å². The molecule has 0 atom stereocenters. The third kappa shape index (κ3) is 6.45. The number of fused-ring (bicyclic) bond motifs is 1. The number of hydrogen-bond acceptors (Lipinski definition) is 4. The van der Waals surface area contributed by atoms with Gasteiger partial charge in [0.2, 0.25) is 11.8 Å². The van der Waals surface area contributed by atoms with Crippen LogP contribution in [-0.2, 0) is 16.1 Å². The van der Waals surface area contributed by atoms with E-state index in [9.17, 15) is 9.59 Å². The van der Waals surface area contributed by atoms with Gasteiger partial charge in [0.25, 0.3) is 0 Å². The molecule has 0 spiro atoms. The number of aromatic amines is 1. The first-order valence-corrected chi connectivity index (χ1v) is 14.4. The van der Waals surface area contributed by atoms with Crippen molar-refractivity contribution in [3.05, 3.63) is 84.4 Å². The van der Waals surface area contributed by atoms with Crippen LogP contribution in [0.25, 0.3) is 11.0 Å². The summed E-state index contributed by atoms with van der Waals surface area (Å²) < 4.78 is 2.23. The number of imidazole rings is 1. The summed E-state index contributed by atoms with van der Waals surface area (Å²) in [5.41, 5.74) is 4.90. The Morgan fingerprint density at radius 2 is 1.56 bits per heavy atom. The van der Waals surface area contributed by atoms with E-state index in [0.717, 1.165) is 60.3 Å². The van der Waals surface area contributed by atoms with Crippen molar-refractivity contribution in [3.63, 3.8) is 0 Å². The first-order valence-electron chi connectivity index (χ1n) is 13.4. The molecule has 0 unspecified atom stereocenters. The lowest BCUT2D eigenvalue weighted by Gasteiger charge is -2.38. The molecule has 1 aromatic heterocycles. The number of carbonyl (C=O) groups is 2. The number of hydrogen-bond donors (Lipinski definition) is 2. The second-order valence-electron chi connectivity index (χ2n) is 10.9.